The number of amides is 1. The van der Waals surface area contributed by atoms with Crippen LogP contribution in [0.25, 0.3) is 0 Å². The molecule has 3 heterocycles. The molecule has 1 amide bonds. The molecule has 2 aromatic heterocycles. The molecule has 2 N–H and O–H groups in total. The van der Waals surface area contributed by atoms with E-state index in [2.05, 4.69) is 10.1 Å². The predicted molar refractivity (Wildman–Crippen MR) is 97.5 cm³/mol. The average Bonchev–Trinajstić information content (AvgIpc) is 3.34. The predicted octanol–water partition coefficient (Wildman–Crippen LogP) is 0.841. The Bertz CT molecular complexity index is 827. The lowest BCUT2D eigenvalue weighted by Gasteiger charge is -2.33. The molecule has 0 aliphatic carbocycles. The molecule has 1 aliphatic heterocycles. The zero-order valence-corrected chi connectivity index (χ0v) is 15.8. The van der Waals surface area contributed by atoms with E-state index in [-0.39, 0.29) is 11.7 Å². The van der Waals surface area contributed by atoms with E-state index in [1.807, 2.05) is 17.5 Å². The Morgan fingerprint density at radius 1 is 1.14 bits per heavy atom. The van der Waals surface area contributed by atoms with E-state index in [1.54, 1.807) is 17.9 Å². The third-order valence-corrected chi connectivity index (χ3v) is 4.76. The number of nitrogens with zero attached hydrogens (tertiary/aromatic N) is 3. The molecule has 11 heteroatoms. The Balaban J connectivity index is 0.000000409. The van der Waals surface area contributed by atoms with Crippen LogP contribution in [-0.2, 0) is 9.59 Å². The number of aliphatic carboxylic acids is 2. The van der Waals surface area contributed by atoms with Crippen molar-refractivity contribution in [2.45, 2.75) is 6.92 Å². The Morgan fingerprint density at radius 3 is 2.25 bits per heavy atom. The van der Waals surface area contributed by atoms with Crippen LogP contribution < -0.4 is 0 Å². The Morgan fingerprint density at radius 2 is 1.79 bits per heavy atom. The van der Waals surface area contributed by atoms with Crippen LogP contribution in [0.4, 0.5) is 0 Å². The van der Waals surface area contributed by atoms with Crippen molar-refractivity contribution in [3.05, 3.63) is 39.9 Å². The van der Waals surface area contributed by atoms with Gasteiger partial charge in [-0.3, -0.25) is 14.5 Å². The highest BCUT2D eigenvalue weighted by atomic mass is 32.1. The van der Waals surface area contributed by atoms with Crippen molar-refractivity contribution in [2.24, 2.45) is 0 Å². The number of thiophene rings is 1. The summed E-state index contributed by atoms with van der Waals surface area (Å²) >= 11 is 1.47. The highest BCUT2D eigenvalue weighted by Gasteiger charge is 2.25. The normalized spacial score (nSPS) is 14.1. The first-order valence-corrected chi connectivity index (χ1v) is 9.13. The van der Waals surface area contributed by atoms with Gasteiger partial charge in [-0.1, -0.05) is 11.2 Å². The molecule has 1 aliphatic rings. The fraction of sp³-hybridized carbons (Fsp3) is 0.353. The maximum absolute atomic E-state index is 12.2. The number of carbonyl (C=O) groups is 4. The van der Waals surface area contributed by atoms with Gasteiger partial charge in [-0.05, 0) is 18.4 Å². The molecule has 0 saturated carbocycles. The smallest absolute Gasteiger partial charge is 0.414 e. The third-order valence-electron chi connectivity index (χ3n) is 3.85. The molecular weight excluding hydrogens is 390 g/mol. The first kappa shape index (κ1) is 21.3. The van der Waals surface area contributed by atoms with E-state index in [0.29, 0.717) is 44.2 Å². The average molecular weight is 409 g/mol. The van der Waals surface area contributed by atoms with Crippen molar-refractivity contribution < 1.29 is 33.9 Å². The topological polar surface area (TPSA) is 141 Å². The molecule has 1 saturated heterocycles. The summed E-state index contributed by atoms with van der Waals surface area (Å²) in [6, 6.07) is 5.38. The molecule has 28 heavy (non-hydrogen) atoms. The molecule has 10 nitrogen and oxygen atoms in total. The Kier molecular flexibility index (Phi) is 7.41. The van der Waals surface area contributed by atoms with Gasteiger partial charge >= 0.3 is 11.9 Å². The van der Waals surface area contributed by atoms with Crippen LogP contribution in [0.2, 0.25) is 0 Å². The zero-order chi connectivity index (χ0) is 20.7. The SMILES string of the molecule is Cc1cc(C(=O)N2CCN(CC(=O)c3cccs3)CC2)no1.O=C(O)C(=O)O. The molecule has 150 valence electrons. The fourth-order valence-electron chi connectivity index (χ4n) is 2.46. The van der Waals surface area contributed by atoms with Gasteiger partial charge < -0.3 is 19.6 Å². The highest BCUT2D eigenvalue weighted by Crippen LogP contribution is 2.12. The van der Waals surface area contributed by atoms with E-state index in [1.165, 1.54) is 11.3 Å². The van der Waals surface area contributed by atoms with Gasteiger partial charge in [0.05, 0.1) is 11.4 Å². The minimum Gasteiger partial charge on any atom is -0.473 e. The van der Waals surface area contributed by atoms with Gasteiger partial charge in [0.1, 0.15) is 5.76 Å². The van der Waals surface area contributed by atoms with Gasteiger partial charge in [0.15, 0.2) is 11.5 Å². The van der Waals surface area contributed by atoms with Gasteiger partial charge in [-0.15, -0.1) is 11.3 Å². The van der Waals surface area contributed by atoms with Gasteiger partial charge in [0.25, 0.3) is 5.91 Å². The second-order valence-corrected chi connectivity index (χ2v) is 6.85. The first-order chi connectivity index (χ1) is 13.3. The summed E-state index contributed by atoms with van der Waals surface area (Å²) < 4.78 is 4.94. The maximum atomic E-state index is 12.2. The maximum Gasteiger partial charge on any atom is 0.414 e. The molecule has 0 bridgehead atoms. The fourth-order valence-corrected chi connectivity index (χ4v) is 3.11. The summed E-state index contributed by atoms with van der Waals surface area (Å²) in [6.07, 6.45) is 0. The highest BCUT2D eigenvalue weighted by molar-refractivity contribution is 7.12. The molecule has 3 rings (SSSR count). The van der Waals surface area contributed by atoms with Gasteiger partial charge in [0, 0.05) is 32.2 Å². The summed E-state index contributed by atoms with van der Waals surface area (Å²) in [4.78, 5) is 47.2. The number of Topliss-reactive ketones (excluding diaryl/α,β-unsaturated/α-hetero) is 1. The van der Waals surface area contributed by atoms with Gasteiger partial charge in [0.2, 0.25) is 0 Å². The van der Waals surface area contributed by atoms with Crippen molar-refractivity contribution >= 4 is 35.0 Å². The lowest BCUT2D eigenvalue weighted by Crippen LogP contribution is -2.49. The van der Waals surface area contributed by atoms with Crippen LogP contribution in [0, 0.1) is 6.92 Å². The van der Waals surface area contributed by atoms with Crippen LogP contribution >= 0.6 is 11.3 Å². The van der Waals surface area contributed by atoms with E-state index < -0.39 is 11.9 Å². The zero-order valence-electron chi connectivity index (χ0n) is 15.0. The van der Waals surface area contributed by atoms with Crippen molar-refractivity contribution in [2.75, 3.05) is 32.7 Å². The molecule has 0 aromatic carbocycles. The number of carbonyl (C=O) groups excluding carboxylic acids is 2. The Labute approximate surface area is 163 Å². The number of aryl methyl sites for hydroxylation is 1. The second-order valence-electron chi connectivity index (χ2n) is 5.90. The monoisotopic (exact) mass is 409 g/mol. The van der Waals surface area contributed by atoms with Gasteiger partial charge in [-0.25, -0.2) is 9.59 Å². The number of carboxylic acids is 2. The van der Waals surface area contributed by atoms with E-state index in [0.717, 1.165) is 4.88 Å². The van der Waals surface area contributed by atoms with Crippen LogP contribution in [0.5, 0.6) is 0 Å². The molecule has 2 aromatic rings. The van der Waals surface area contributed by atoms with Crippen LogP contribution in [-0.4, -0.2) is 81.5 Å². The number of hydrogen-bond donors (Lipinski definition) is 2. The standard InChI is InChI=1S/C15H17N3O3S.C2H2O4/c1-11-9-12(16-21-11)15(20)18-6-4-17(5-7-18)10-13(19)14-3-2-8-22-14;3-1(4)2(5)6/h2-3,8-9H,4-7,10H2,1H3;(H,3,4)(H,5,6). The van der Waals surface area contributed by atoms with Crippen molar-refractivity contribution in [1.29, 1.82) is 0 Å². The van der Waals surface area contributed by atoms with E-state index in [9.17, 15) is 9.59 Å². The summed E-state index contributed by atoms with van der Waals surface area (Å²) in [6.45, 7) is 4.76. The second kappa shape index (κ2) is 9.76. The van der Waals surface area contributed by atoms with Crippen LogP contribution in [0.1, 0.15) is 25.9 Å². The third kappa shape index (κ3) is 5.99. The van der Waals surface area contributed by atoms with Crippen molar-refractivity contribution in [3.63, 3.8) is 0 Å². The number of hydrogen-bond acceptors (Lipinski definition) is 8. The summed E-state index contributed by atoms with van der Waals surface area (Å²) in [5.41, 5.74) is 0.348. The lowest BCUT2D eigenvalue weighted by molar-refractivity contribution is -0.159. The summed E-state index contributed by atoms with van der Waals surface area (Å²) in [7, 11) is 0. The number of piperazine rings is 1. The first-order valence-electron chi connectivity index (χ1n) is 8.25. The summed E-state index contributed by atoms with van der Waals surface area (Å²) in [5, 5.41) is 20.4. The summed E-state index contributed by atoms with van der Waals surface area (Å²) in [5.74, 6) is -2.99. The minimum absolute atomic E-state index is 0.110. The van der Waals surface area contributed by atoms with E-state index in [4.69, 9.17) is 24.3 Å². The number of aromatic nitrogens is 1. The minimum atomic E-state index is -1.82. The molecule has 0 radical (unpaired) electrons. The van der Waals surface area contributed by atoms with E-state index >= 15 is 0 Å². The van der Waals surface area contributed by atoms with Crippen molar-refractivity contribution in [1.82, 2.24) is 15.0 Å². The van der Waals surface area contributed by atoms with Crippen LogP contribution in [0.3, 0.4) is 0 Å². The van der Waals surface area contributed by atoms with Crippen molar-refractivity contribution in [3.8, 4) is 0 Å². The number of carboxylic acid groups (broad SMARTS) is 2. The molecular formula is C17H19N3O7S. The lowest BCUT2D eigenvalue weighted by atomic mass is 10.2. The quantitative estimate of drug-likeness (QED) is 0.555. The number of ketones is 1. The Hall–Kier alpha value is -3.05. The molecule has 0 unspecified atom stereocenters. The van der Waals surface area contributed by atoms with Gasteiger partial charge in [-0.2, -0.15) is 0 Å². The number of rotatable bonds is 4. The van der Waals surface area contributed by atoms with Crippen LogP contribution in [0.15, 0.2) is 28.1 Å². The molecule has 0 spiro atoms. The molecule has 0 atom stereocenters. The largest absolute Gasteiger partial charge is 0.473 e. The molecule has 1 fully saturated rings.